The maximum absolute atomic E-state index is 12.2. The molecular weight excluding hydrogens is 294 g/mol. The summed E-state index contributed by atoms with van der Waals surface area (Å²) in [5.74, 6) is 1.07. The molecule has 1 aliphatic rings. The summed E-state index contributed by atoms with van der Waals surface area (Å²) >= 11 is 1.46. The molecule has 0 saturated heterocycles. The van der Waals surface area contributed by atoms with E-state index in [1.165, 1.54) is 31.0 Å². The standard InChI is InChI=1S/C17H21N3OS/c1-12-6-2-5-9-15(12)19-16(21)11-22-17-14-8-4-3-7-13(14)10-18-20-17/h3-4,7-8,10,12,15H,2,5-6,9,11H2,1H3,(H,19,21)/t12-,15+/m0/s1. The summed E-state index contributed by atoms with van der Waals surface area (Å²) < 4.78 is 0. The van der Waals surface area contributed by atoms with E-state index in [4.69, 9.17) is 0 Å². The number of benzene rings is 1. The van der Waals surface area contributed by atoms with Gasteiger partial charge in [0.25, 0.3) is 0 Å². The monoisotopic (exact) mass is 315 g/mol. The largest absolute Gasteiger partial charge is 0.352 e. The van der Waals surface area contributed by atoms with E-state index in [1.54, 1.807) is 6.20 Å². The summed E-state index contributed by atoms with van der Waals surface area (Å²) in [6.07, 6.45) is 6.58. The number of nitrogens with one attached hydrogen (secondary N) is 1. The van der Waals surface area contributed by atoms with E-state index in [9.17, 15) is 4.79 Å². The molecule has 1 heterocycles. The van der Waals surface area contributed by atoms with Gasteiger partial charge in [-0.1, -0.05) is 55.8 Å². The molecule has 0 radical (unpaired) electrons. The van der Waals surface area contributed by atoms with Crippen LogP contribution < -0.4 is 5.32 Å². The normalized spacial score (nSPS) is 21.7. The molecule has 4 nitrogen and oxygen atoms in total. The highest BCUT2D eigenvalue weighted by atomic mass is 32.2. The molecular formula is C17H21N3OS. The number of hydrogen-bond acceptors (Lipinski definition) is 4. The Morgan fingerprint density at radius 1 is 1.32 bits per heavy atom. The quantitative estimate of drug-likeness (QED) is 0.878. The lowest BCUT2D eigenvalue weighted by molar-refractivity contribution is -0.119. The number of hydrogen-bond donors (Lipinski definition) is 1. The van der Waals surface area contributed by atoms with Crippen molar-refractivity contribution in [2.75, 3.05) is 5.75 Å². The Hall–Kier alpha value is -1.62. The number of aromatic nitrogens is 2. The molecule has 22 heavy (non-hydrogen) atoms. The number of carbonyl (C=O) groups excluding carboxylic acids is 1. The Balaban J connectivity index is 1.60. The molecule has 5 heteroatoms. The van der Waals surface area contributed by atoms with Crippen LogP contribution in [0.4, 0.5) is 0 Å². The van der Waals surface area contributed by atoms with Gasteiger partial charge in [-0.3, -0.25) is 4.79 Å². The summed E-state index contributed by atoms with van der Waals surface area (Å²) in [4.78, 5) is 12.2. The first-order chi connectivity index (χ1) is 10.7. The van der Waals surface area contributed by atoms with E-state index < -0.39 is 0 Å². The third kappa shape index (κ3) is 3.58. The first-order valence-corrected chi connectivity index (χ1v) is 8.85. The smallest absolute Gasteiger partial charge is 0.230 e. The predicted octanol–water partition coefficient (Wildman–Crippen LogP) is 3.42. The van der Waals surface area contributed by atoms with E-state index in [2.05, 4.69) is 22.4 Å². The first kappa shape index (κ1) is 15.3. The summed E-state index contributed by atoms with van der Waals surface area (Å²) in [5, 5.41) is 14.3. The van der Waals surface area contributed by atoms with Crippen molar-refractivity contribution < 1.29 is 4.79 Å². The van der Waals surface area contributed by atoms with Crippen molar-refractivity contribution in [3.8, 4) is 0 Å². The topological polar surface area (TPSA) is 54.9 Å². The molecule has 1 fully saturated rings. The Morgan fingerprint density at radius 2 is 2.14 bits per heavy atom. The summed E-state index contributed by atoms with van der Waals surface area (Å²) in [5.41, 5.74) is 0. The van der Waals surface area contributed by atoms with Gasteiger partial charge in [-0.2, -0.15) is 5.10 Å². The number of fused-ring (bicyclic) bond motifs is 1. The van der Waals surface area contributed by atoms with Gasteiger partial charge in [-0.25, -0.2) is 0 Å². The van der Waals surface area contributed by atoms with Crippen molar-refractivity contribution in [3.05, 3.63) is 30.5 Å². The molecule has 1 amide bonds. The Morgan fingerprint density at radius 3 is 3.00 bits per heavy atom. The predicted molar refractivity (Wildman–Crippen MR) is 89.8 cm³/mol. The van der Waals surface area contributed by atoms with E-state index in [-0.39, 0.29) is 5.91 Å². The van der Waals surface area contributed by atoms with Gasteiger partial charge in [-0.05, 0) is 18.8 Å². The molecule has 1 saturated carbocycles. The zero-order chi connectivity index (χ0) is 15.4. The third-order valence-corrected chi connectivity index (χ3v) is 5.32. The molecule has 3 rings (SSSR count). The van der Waals surface area contributed by atoms with Crippen molar-refractivity contribution in [1.82, 2.24) is 15.5 Å². The number of nitrogens with zero attached hydrogens (tertiary/aromatic N) is 2. The number of carbonyl (C=O) groups is 1. The van der Waals surface area contributed by atoms with Gasteiger partial charge in [0.2, 0.25) is 5.91 Å². The molecule has 1 aromatic carbocycles. The Bertz CT molecular complexity index is 656. The van der Waals surface area contributed by atoms with E-state index in [0.29, 0.717) is 17.7 Å². The van der Waals surface area contributed by atoms with Crippen LogP contribution in [0, 0.1) is 5.92 Å². The zero-order valence-corrected chi connectivity index (χ0v) is 13.6. The van der Waals surface area contributed by atoms with Gasteiger partial charge >= 0.3 is 0 Å². The van der Waals surface area contributed by atoms with E-state index >= 15 is 0 Å². The fourth-order valence-corrected chi connectivity index (χ4v) is 3.82. The van der Waals surface area contributed by atoms with Gasteiger partial charge in [0.15, 0.2) is 0 Å². The first-order valence-electron chi connectivity index (χ1n) is 7.86. The van der Waals surface area contributed by atoms with E-state index in [0.717, 1.165) is 22.2 Å². The van der Waals surface area contributed by atoms with Crippen molar-refractivity contribution >= 4 is 28.4 Å². The number of thioether (sulfide) groups is 1. The molecule has 1 aliphatic carbocycles. The summed E-state index contributed by atoms with van der Waals surface area (Å²) in [6, 6.07) is 8.33. The highest BCUT2D eigenvalue weighted by molar-refractivity contribution is 8.00. The lowest BCUT2D eigenvalue weighted by atomic mass is 9.86. The van der Waals surface area contributed by atoms with Crippen molar-refractivity contribution in [2.24, 2.45) is 5.92 Å². The lowest BCUT2D eigenvalue weighted by Crippen LogP contribution is -2.41. The average Bonchev–Trinajstić information content (AvgIpc) is 2.55. The summed E-state index contributed by atoms with van der Waals surface area (Å²) in [7, 11) is 0. The molecule has 2 atom stereocenters. The number of amides is 1. The Kier molecular flexibility index (Phi) is 4.93. The number of rotatable bonds is 4. The molecule has 1 aromatic heterocycles. The minimum absolute atomic E-state index is 0.0958. The highest BCUT2D eigenvalue weighted by Crippen LogP contribution is 2.26. The lowest BCUT2D eigenvalue weighted by Gasteiger charge is -2.29. The molecule has 0 bridgehead atoms. The van der Waals surface area contributed by atoms with Crippen LogP contribution in [0.3, 0.4) is 0 Å². The average molecular weight is 315 g/mol. The second-order valence-corrected chi connectivity index (χ2v) is 6.93. The van der Waals surface area contributed by atoms with Crippen LogP contribution >= 0.6 is 11.8 Å². The fourth-order valence-electron chi connectivity index (χ4n) is 3.02. The summed E-state index contributed by atoms with van der Waals surface area (Å²) in [6.45, 7) is 2.23. The molecule has 1 N–H and O–H groups in total. The van der Waals surface area contributed by atoms with Gasteiger partial charge in [0, 0.05) is 16.8 Å². The Labute approximate surface area is 135 Å². The van der Waals surface area contributed by atoms with Crippen LogP contribution in [0.1, 0.15) is 32.6 Å². The SMILES string of the molecule is C[C@H]1CCCC[C@H]1NC(=O)CSc1nncc2ccccc12. The maximum atomic E-state index is 12.2. The van der Waals surface area contributed by atoms with Crippen LogP contribution in [0.5, 0.6) is 0 Å². The van der Waals surface area contributed by atoms with Crippen molar-refractivity contribution in [2.45, 2.75) is 43.7 Å². The van der Waals surface area contributed by atoms with Gasteiger partial charge in [0.1, 0.15) is 5.03 Å². The minimum atomic E-state index is 0.0958. The molecule has 116 valence electrons. The zero-order valence-electron chi connectivity index (χ0n) is 12.8. The van der Waals surface area contributed by atoms with Crippen LogP contribution in [-0.2, 0) is 4.79 Å². The van der Waals surface area contributed by atoms with Crippen LogP contribution in [0.25, 0.3) is 10.8 Å². The molecule has 0 spiro atoms. The van der Waals surface area contributed by atoms with Crippen LogP contribution in [0.15, 0.2) is 35.5 Å². The third-order valence-electron chi connectivity index (χ3n) is 4.33. The minimum Gasteiger partial charge on any atom is -0.352 e. The fraction of sp³-hybridized carbons (Fsp3) is 0.471. The molecule has 0 aliphatic heterocycles. The van der Waals surface area contributed by atoms with Gasteiger partial charge in [0.05, 0.1) is 11.9 Å². The maximum Gasteiger partial charge on any atom is 0.230 e. The highest BCUT2D eigenvalue weighted by Gasteiger charge is 2.22. The van der Waals surface area contributed by atoms with Crippen LogP contribution in [-0.4, -0.2) is 27.9 Å². The molecule has 0 unspecified atom stereocenters. The van der Waals surface area contributed by atoms with Crippen molar-refractivity contribution in [1.29, 1.82) is 0 Å². The van der Waals surface area contributed by atoms with E-state index in [1.807, 2.05) is 24.3 Å². The second-order valence-electron chi connectivity index (χ2n) is 5.96. The molecule has 2 aromatic rings. The van der Waals surface area contributed by atoms with Gasteiger partial charge in [-0.15, -0.1) is 5.10 Å². The second kappa shape index (κ2) is 7.09. The van der Waals surface area contributed by atoms with Crippen LogP contribution in [0.2, 0.25) is 0 Å². The van der Waals surface area contributed by atoms with Crippen molar-refractivity contribution in [3.63, 3.8) is 0 Å². The van der Waals surface area contributed by atoms with Gasteiger partial charge < -0.3 is 5.32 Å².